The van der Waals surface area contributed by atoms with E-state index in [0.29, 0.717) is 0 Å². The summed E-state index contributed by atoms with van der Waals surface area (Å²) in [6.07, 6.45) is 17.1. The molecule has 27 heavy (non-hydrogen) atoms. The second-order valence-corrected chi connectivity index (χ2v) is 9.22. The van der Waals surface area contributed by atoms with Gasteiger partial charge in [-0.2, -0.15) is 0 Å². The van der Waals surface area contributed by atoms with E-state index in [2.05, 4.69) is 65.2 Å². The van der Waals surface area contributed by atoms with Crippen molar-refractivity contribution >= 4 is 0 Å². The van der Waals surface area contributed by atoms with Crippen LogP contribution in [-0.4, -0.2) is 25.1 Å². The van der Waals surface area contributed by atoms with Gasteiger partial charge in [0.15, 0.2) is 0 Å². The Bertz CT molecular complexity index is 453. The first kappa shape index (κ1) is 26.5. The van der Waals surface area contributed by atoms with Crippen LogP contribution in [0.1, 0.15) is 103 Å². The fourth-order valence-corrected chi connectivity index (χ4v) is 3.82. The molecule has 0 unspecified atom stereocenters. The van der Waals surface area contributed by atoms with Crippen LogP contribution in [0.3, 0.4) is 0 Å². The van der Waals surface area contributed by atoms with Crippen LogP contribution in [0.15, 0.2) is 30.3 Å². The number of unbranched alkanes of at least 4 members (excludes halogenated alkanes) is 11. The molecule has 0 aliphatic rings. The van der Waals surface area contributed by atoms with Gasteiger partial charge in [-0.25, -0.2) is 0 Å². The molecule has 0 radical (unpaired) electrons. The quantitative estimate of drug-likeness (QED) is 0.298. The molecule has 158 valence electrons. The number of rotatable bonds is 15. The summed E-state index contributed by atoms with van der Waals surface area (Å²) in [4.78, 5) is 0. The normalized spacial score (nSPS) is 12.0. The molecular weight excluding hydrogens is 350 g/mol. The van der Waals surface area contributed by atoms with Crippen molar-refractivity contribution in [1.82, 2.24) is 0 Å². The van der Waals surface area contributed by atoms with Gasteiger partial charge in [0.05, 0.1) is 20.6 Å². The molecule has 1 aromatic rings. The maximum Gasteiger partial charge on any atom is 0.119 e. The van der Waals surface area contributed by atoms with E-state index in [9.17, 15) is 0 Å². The third-order valence-electron chi connectivity index (χ3n) is 6.56. The van der Waals surface area contributed by atoms with Gasteiger partial charge in [-0.15, -0.1) is 0 Å². The van der Waals surface area contributed by atoms with E-state index in [-0.39, 0.29) is 17.9 Å². The maximum absolute atomic E-state index is 2.39. The molecule has 0 bridgehead atoms. The first-order valence-electron chi connectivity index (χ1n) is 11.3. The average molecular weight is 396 g/mol. The molecule has 0 aliphatic carbocycles. The molecule has 0 heterocycles. The summed E-state index contributed by atoms with van der Waals surface area (Å²) in [6, 6.07) is 11.0. The topological polar surface area (TPSA) is 0 Å². The van der Waals surface area contributed by atoms with Gasteiger partial charge in [0.25, 0.3) is 0 Å². The number of hydrogen-bond donors (Lipinski definition) is 0. The predicted octanol–water partition coefficient (Wildman–Crippen LogP) is 4.70. The highest BCUT2D eigenvalue weighted by atomic mass is 35.5. The van der Waals surface area contributed by atoms with E-state index in [1.54, 1.807) is 0 Å². The van der Waals surface area contributed by atoms with Gasteiger partial charge < -0.3 is 16.9 Å². The zero-order valence-corrected chi connectivity index (χ0v) is 19.7. The Kier molecular flexibility index (Phi) is 14.2. The van der Waals surface area contributed by atoms with Crippen LogP contribution < -0.4 is 12.4 Å². The monoisotopic (exact) mass is 395 g/mol. The number of hydrogen-bond acceptors (Lipinski definition) is 0. The minimum Gasteiger partial charge on any atom is -1.00 e. The smallest absolute Gasteiger partial charge is 0.119 e. The van der Waals surface area contributed by atoms with Crippen LogP contribution in [0.25, 0.3) is 0 Å². The Morgan fingerprint density at radius 2 is 1.07 bits per heavy atom. The highest BCUT2D eigenvalue weighted by Gasteiger charge is 2.37. The third kappa shape index (κ3) is 9.99. The van der Waals surface area contributed by atoms with Crippen LogP contribution in [0.4, 0.5) is 0 Å². The summed E-state index contributed by atoms with van der Waals surface area (Å²) in [5.41, 5.74) is 1.61. The van der Waals surface area contributed by atoms with Crippen molar-refractivity contribution in [2.45, 2.75) is 103 Å². The fourth-order valence-electron chi connectivity index (χ4n) is 3.82. The number of benzene rings is 1. The Morgan fingerprint density at radius 1 is 0.667 bits per heavy atom. The molecule has 1 rings (SSSR count). The number of nitrogens with zero attached hydrogens (tertiary/aromatic N) is 1. The lowest BCUT2D eigenvalue weighted by molar-refractivity contribution is -0.945. The molecule has 0 amide bonds. The fraction of sp³-hybridized carbons (Fsp3) is 0.760. The Hall–Kier alpha value is -0.530. The molecule has 0 spiro atoms. The van der Waals surface area contributed by atoms with Gasteiger partial charge in [0.2, 0.25) is 0 Å². The molecule has 0 saturated heterocycles. The summed E-state index contributed by atoms with van der Waals surface area (Å²) >= 11 is 0. The Labute approximate surface area is 176 Å². The van der Waals surface area contributed by atoms with Gasteiger partial charge in [-0.05, 0) is 26.7 Å². The van der Waals surface area contributed by atoms with E-state index >= 15 is 0 Å². The van der Waals surface area contributed by atoms with Crippen molar-refractivity contribution in [2.24, 2.45) is 0 Å². The molecule has 0 saturated carbocycles. The van der Waals surface area contributed by atoms with Gasteiger partial charge in [0.1, 0.15) is 5.54 Å². The van der Waals surface area contributed by atoms with E-state index in [0.717, 1.165) is 4.48 Å². The third-order valence-corrected chi connectivity index (χ3v) is 6.56. The number of quaternary nitrogens is 1. The molecule has 2 heteroatoms. The van der Waals surface area contributed by atoms with Crippen molar-refractivity contribution < 1.29 is 16.9 Å². The predicted molar refractivity (Wildman–Crippen MR) is 118 cm³/mol. The van der Waals surface area contributed by atoms with E-state index in [4.69, 9.17) is 0 Å². The Morgan fingerprint density at radius 3 is 1.52 bits per heavy atom. The van der Waals surface area contributed by atoms with Gasteiger partial charge in [-0.1, -0.05) is 101 Å². The summed E-state index contributed by atoms with van der Waals surface area (Å²) in [5, 5.41) is 0. The first-order valence-corrected chi connectivity index (χ1v) is 11.3. The molecule has 0 N–H and O–H groups in total. The zero-order valence-electron chi connectivity index (χ0n) is 18.9. The summed E-state index contributed by atoms with van der Waals surface area (Å²) < 4.78 is 1.06. The summed E-state index contributed by atoms with van der Waals surface area (Å²) in [5.74, 6) is 0. The molecule has 0 atom stereocenters. The van der Waals surface area contributed by atoms with Gasteiger partial charge in [0, 0.05) is 5.56 Å². The average Bonchev–Trinajstić information content (AvgIpc) is 2.63. The van der Waals surface area contributed by atoms with Gasteiger partial charge in [-0.3, -0.25) is 0 Å². The zero-order chi connectivity index (χ0) is 19.3. The van der Waals surface area contributed by atoms with Gasteiger partial charge >= 0.3 is 0 Å². The molecule has 0 fully saturated rings. The standard InChI is InChI=1S/C25H46N.ClH/c1-6-7-8-9-10-11-12-13-14-15-16-20-23-26(4,5)25(2,3)24-21-18-17-19-22-24;/h17-19,21-22H,6-16,20,23H2,1-5H3;1H/q+1;/p-1. The van der Waals surface area contributed by atoms with Crippen LogP contribution in [-0.2, 0) is 5.54 Å². The second-order valence-electron chi connectivity index (χ2n) is 9.22. The van der Waals surface area contributed by atoms with Crippen molar-refractivity contribution in [1.29, 1.82) is 0 Å². The van der Waals surface area contributed by atoms with Crippen molar-refractivity contribution in [3.63, 3.8) is 0 Å². The highest BCUT2D eigenvalue weighted by Crippen LogP contribution is 2.32. The van der Waals surface area contributed by atoms with Crippen molar-refractivity contribution in [3.05, 3.63) is 35.9 Å². The van der Waals surface area contributed by atoms with Crippen LogP contribution in [0.5, 0.6) is 0 Å². The number of halogens is 1. The minimum atomic E-state index is 0. The van der Waals surface area contributed by atoms with Crippen LogP contribution in [0, 0.1) is 0 Å². The SMILES string of the molecule is CCCCCCCCCCCCCC[N+](C)(C)C(C)(C)c1ccccc1.[Cl-]. The van der Waals surface area contributed by atoms with E-state index < -0.39 is 0 Å². The lowest BCUT2D eigenvalue weighted by atomic mass is 9.90. The maximum atomic E-state index is 2.39. The molecule has 0 aliphatic heterocycles. The largest absolute Gasteiger partial charge is 1.00 e. The summed E-state index contributed by atoms with van der Waals surface area (Å²) in [6.45, 7) is 8.34. The Balaban J connectivity index is 0.00000676. The lowest BCUT2D eigenvalue weighted by Gasteiger charge is -2.45. The highest BCUT2D eigenvalue weighted by molar-refractivity contribution is 5.20. The van der Waals surface area contributed by atoms with Crippen LogP contribution in [0.2, 0.25) is 0 Å². The molecular formula is C25H46ClN. The molecule has 1 nitrogen and oxygen atoms in total. The molecule has 1 aromatic carbocycles. The van der Waals surface area contributed by atoms with Crippen LogP contribution >= 0.6 is 0 Å². The molecule has 0 aromatic heterocycles. The van der Waals surface area contributed by atoms with E-state index in [1.807, 2.05) is 0 Å². The van der Waals surface area contributed by atoms with Crippen molar-refractivity contribution in [2.75, 3.05) is 20.6 Å². The summed E-state index contributed by atoms with van der Waals surface area (Å²) in [7, 11) is 4.79. The lowest BCUT2D eigenvalue weighted by Crippen LogP contribution is -3.00. The minimum absolute atomic E-state index is 0. The first-order chi connectivity index (χ1) is 12.4. The second kappa shape index (κ2) is 14.5. The van der Waals surface area contributed by atoms with E-state index in [1.165, 1.54) is 89.2 Å². The van der Waals surface area contributed by atoms with Crippen molar-refractivity contribution in [3.8, 4) is 0 Å².